The number of benzene rings is 1. The van der Waals surface area contributed by atoms with E-state index in [0.29, 0.717) is 6.61 Å². The highest BCUT2D eigenvalue weighted by Gasteiger charge is 2.40. The maximum atomic E-state index is 10.6. The van der Waals surface area contributed by atoms with Crippen molar-refractivity contribution in [2.45, 2.75) is 58.9 Å². The molecule has 1 aromatic carbocycles. The monoisotopic (exact) mass is 294 g/mol. The fourth-order valence-corrected chi connectivity index (χ4v) is 2.91. The van der Waals surface area contributed by atoms with Gasteiger partial charge in [-0.1, -0.05) is 65.0 Å². The van der Waals surface area contributed by atoms with Gasteiger partial charge in [0.2, 0.25) is 0 Å². The molecule has 20 heavy (non-hydrogen) atoms. The zero-order chi connectivity index (χ0) is 15.6. The lowest BCUT2D eigenvalue weighted by molar-refractivity contribution is 0.0102. The first kappa shape index (κ1) is 17.4. The zero-order valence-electron chi connectivity index (χ0n) is 14.0. The van der Waals surface area contributed by atoms with Crippen LogP contribution >= 0.6 is 0 Å². The largest absolute Gasteiger partial charge is 0.416 e. The van der Waals surface area contributed by atoms with E-state index in [1.54, 1.807) is 0 Å². The number of rotatable bonds is 5. The van der Waals surface area contributed by atoms with Crippen molar-refractivity contribution in [3.8, 4) is 0 Å². The highest BCUT2D eigenvalue weighted by Crippen LogP contribution is 2.40. The van der Waals surface area contributed by atoms with Crippen molar-refractivity contribution in [1.29, 1.82) is 0 Å². The van der Waals surface area contributed by atoms with Crippen LogP contribution in [-0.4, -0.2) is 20.0 Å². The minimum Gasteiger partial charge on any atom is -0.416 e. The molecule has 0 bridgehead atoms. The Balaban J connectivity index is 2.76. The Labute approximate surface area is 125 Å². The summed E-state index contributed by atoms with van der Waals surface area (Å²) in [5.41, 5.74) is 0.660. The van der Waals surface area contributed by atoms with Gasteiger partial charge in [0.25, 0.3) is 0 Å². The van der Waals surface area contributed by atoms with E-state index in [4.69, 9.17) is 4.43 Å². The summed E-state index contributed by atoms with van der Waals surface area (Å²) in [5.74, 6) is 0. The number of aliphatic hydroxyl groups excluding tert-OH is 1. The van der Waals surface area contributed by atoms with Crippen molar-refractivity contribution in [3.05, 3.63) is 35.9 Å². The summed E-state index contributed by atoms with van der Waals surface area (Å²) in [7, 11) is -1.77. The Morgan fingerprint density at radius 3 is 2.00 bits per heavy atom. The van der Waals surface area contributed by atoms with Crippen LogP contribution < -0.4 is 0 Å². The third-order valence-electron chi connectivity index (χ3n) is 4.47. The summed E-state index contributed by atoms with van der Waals surface area (Å²) in [4.78, 5) is 0. The molecule has 1 atom stereocenters. The molecule has 0 spiro atoms. The fraction of sp³-hybridized carbons (Fsp3) is 0.647. The standard InChI is InChI=1S/C17H30O2Si/c1-16(2,3)20(6,7)19-13-17(4,5)15(18)14-11-9-8-10-12-14/h8-12,15,18H,13H2,1-7H3. The van der Waals surface area contributed by atoms with Crippen LogP contribution in [0.4, 0.5) is 0 Å². The van der Waals surface area contributed by atoms with Gasteiger partial charge in [0.1, 0.15) is 0 Å². The third kappa shape index (κ3) is 4.17. The Hall–Kier alpha value is -0.643. The van der Waals surface area contributed by atoms with Crippen LogP contribution in [0.1, 0.15) is 46.3 Å². The average molecular weight is 295 g/mol. The van der Waals surface area contributed by atoms with Gasteiger partial charge in [-0.25, -0.2) is 0 Å². The molecule has 0 aliphatic carbocycles. The number of hydrogen-bond acceptors (Lipinski definition) is 2. The van der Waals surface area contributed by atoms with Crippen molar-refractivity contribution < 1.29 is 9.53 Å². The van der Waals surface area contributed by atoms with E-state index >= 15 is 0 Å². The second kappa shape index (κ2) is 6.00. The van der Waals surface area contributed by atoms with E-state index < -0.39 is 14.4 Å². The van der Waals surface area contributed by atoms with Gasteiger partial charge < -0.3 is 9.53 Å². The Kier molecular flexibility index (Phi) is 5.22. The summed E-state index contributed by atoms with van der Waals surface area (Å²) >= 11 is 0. The molecule has 3 heteroatoms. The maximum Gasteiger partial charge on any atom is 0.192 e. The average Bonchev–Trinajstić information content (AvgIpc) is 2.35. The van der Waals surface area contributed by atoms with E-state index in [1.165, 1.54) is 0 Å². The van der Waals surface area contributed by atoms with Crippen molar-refractivity contribution in [2.75, 3.05) is 6.61 Å². The Morgan fingerprint density at radius 2 is 1.55 bits per heavy atom. The highest BCUT2D eigenvalue weighted by molar-refractivity contribution is 6.74. The SMILES string of the molecule is CC(C)(CO[Si](C)(C)C(C)(C)C)C(O)c1ccccc1. The van der Waals surface area contributed by atoms with Gasteiger partial charge in [-0.3, -0.25) is 0 Å². The summed E-state index contributed by atoms with van der Waals surface area (Å²) < 4.78 is 6.28. The maximum absolute atomic E-state index is 10.6. The fourth-order valence-electron chi connectivity index (χ4n) is 1.75. The van der Waals surface area contributed by atoms with E-state index in [2.05, 4.69) is 47.7 Å². The normalized spacial score (nSPS) is 15.2. The molecule has 1 N–H and O–H groups in total. The molecule has 0 aliphatic heterocycles. The van der Waals surface area contributed by atoms with Crippen LogP contribution in [0, 0.1) is 5.41 Å². The minimum absolute atomic E-state index is 0.195. The lowest BCUT2D eigenvalue weighted by atomic mass is 9.83. The lowest BCUT2D eigenvalue weighted by Gasteiger charge is -2.40. The molecule has 0 aromatic heterocycles. The molecule has 1 aromatic rings. The lowest BCUT2D eigenvalue weighted by Crippen LogP contribution is -2.44. The molecule has 0 saturated heterocycles. The summed E-state index contributed by atoms with van der Waals surface area (Å²) in [6, 6.07) is 9.83. The molecule has 0 fully saturated rings. The Morgan fingerprint density at radius 1 is 1.05 bits per heavy atom. The van der Waals surface area contributed by atoms with Gasteiger partial charge in [-0.2, -0.15) is 0 Å². The molecule has 0 saturated carbocycles. The van der Waals surface area contributed by atoms with Gasteiger partial charge in [0.15, 0.2) is 8.32 Å². The Bertz CT molecular complexity index is 418. The smallest absolute Gasteiger partial charge is 0.192 e. The molecule has 0 radical (unpaired) electrons. The number of hydrogen-bond donors (Lipinski definition) is 1. The topological polar surface area (TPSA) is 29.5 Å². The van der Waals surface area contributed by atoms with Crippen LogP contribution in [0.25, 0.3) is 0 Å². The van der Waals surface area contributed by atoms with Crippen molar-refractivity contribution in [2.24, 2.45) is 5.41 Å². The molecule has 0 heterocycles. The van der Waals surface area contributed by atoms with Crippen molar-refractivity contribution >= 4 is 8.32 Å². The van der Waals surface area contributed by atoms with Gasteiger partial charge in [0, 0.05) is 12.0 Å². The molecular weight excluding hydrogens is 264 g/mol. The predicted molar refractivity (Wildman–Crippen MR) is 88.3 cm³/mol. The van der Waals surface area contributed by atoms with Gasteiger partial charge in [0.05, 0.1) is 6.10 Å². The zero-order valence-corrected chi connectivity index (χ0v) is 15.0. The van der Waals surface area contributed by atoms with E-state index in [-0.39, 0.29) is 10.5 Å². The van der Waals surface area contributed by atoms with Crippen molar-refractivity contribution in [3.63, 3.8) is 0 Å². The van der Waals surface area contributed by atoms with Crippen LogP contribution in [0.5, 0.6) is 0 Å². The van der Waals surface area contributed by atoms with Gasteiger partial charge in [-0.05, 0) is 23.7 Å². The van der Waals surface area contributed by atoms with Crippen LogP contribution in [0.2, 0.25) is 18.1 Å². The minimum atomic E-state index is -1.77. The molecule has 1 rings (SSSR count). The van der Waals surface area contributed by atoms with Crippen LogP contribution in [0.15, 0.2) is 30.3 Å². The summed E-state index contributed by atoms with van der Waals surface area (Å²) in [6.45, 7) is 15.9. The predicted octanol–water partition coefficient (Wildman–Crippen LogP) is 4.77. The van der Waals surface area contributed by atoms with Crippen LogP contribution in [-0.2, 0) is 4.43 Å². The summed E-state index contributed by atoms with van der Waals surface area (Å²) in [5, 5.41) is 10.8. The third-order valence-corrected chi connectivity index (χ3v) is 8.95. The van der Waals surface area contributed by atoms with Crippen molar-refractivity contribution in [1.82, 2.24) is 0 Å². The summed E-state index contributed by atoms with van der Waals surface area (Å²) in [6.07, 6.45) is -0.506. The quantitative estimate of drug-likeness (QED) is 0.793. The molecular formula is C17H30O2Si. The van der Waals surface area contributed by atoms with Gasteiger partial charge >= 0.3 is 0 Å². The highest BCUT2D eigenvalue weighted by atomic mass is 28.4. The number of aliphatic hydroxyl groups is 1. The molecule has 0 aliphatic rings. The molecule has 1 unspecified atom stereocenters. The molecule has 114 valence electrons. The first-order valence-corrected chi connectivity index (χ1v) is 10.3. The van der Waals surface area contributed by atoms with E-state index in [0.717, 1.165) is 5.56 Å². The van der Waals surface area contributed by atoms with E-state index in [9.17, 15) is 5.11 Å². The second-order valence-corrected chi connectivity index (χ2v) is 12.7. The molecule has 0 amide bonds. The molecule has 2 nitrogen and oxygen atoms in total. The van der Waals surface area contributed by atoms with Gasteiger partial charge in [-0.15, -0.1) is 0 Å². The second-order valence-electron chi connectivity index (χ2n) is 7.85. The first-order chi connectivity index (χ1) is 8.97. The van der Waals surface area contributed by atoms with E-state index in [1.807, 2.05) is 30.3 Å². The first-order valence-electron chi connectivity index (χ1n) is 7.34. The van der Waals surface area contributed by atoms with Crippen LogP contribution in [0.3, 0.4) is 0 Å².